The van der Waals surface area contributed by atoms with E-state index < -0.39 is 27.9 Å². The van der Waals surface area contributed by atoms with E-state index in [4.69, 9.17) is 5.11 Å². The molecule has 0 heterocycles. The zero-order valence-corrected chi connectivity index (χ0v) is 8.79. The number of benzene rings is 1. The van der Waals surface area contributed by atoms with Crippen molar-refractivity contribution >= 4 is 9.84 Å². The summed E-state index contributed by atoms with van der Waals surface area (Å²) in [5.41, 5.74) is -2.46. The highest BCUT2D eigenvalue weighted by Gasteiger charge is 2.37. The predicted molar refractivity (Wildman–Crippen MR) is 50.3 cm³/mol. The lowest BCUT2D eigenvalue weighted by molar-refractivity contribution is -0.145. The molecule has 3 nitrogen and oxygen atoms in total. The number of aliphatic hydroxyl groups excluding tert-OH is 1. The van der Waals surface area contributed by atoms with E-state index in [0.29, 0.717) is 0 Å². The van der Waals surface area contributed by atoms with Crippen molar-refractivity contribution in [2.45, 2.75) is 22.9 Å². The van der Waals surface area contributed by atoms with Gasteiger partial charge in [0.1, 0.15) is 0 Å². The second-order valence-corrected chi connectivity index (χ2v) is 5.24. The highest BCUT2D eigenvalue weighted by molar-refractivity contribution is 7.91. The van der Waals surface area contributed by atoms with Gasteiger partial charge in [-0.25, -0.2) is 8.42 Å². The topological polar surface area (TPSA) is 54.4 Å². The first-order valence-corrected chi connectivity index (χ1v) is 5.82. The fourth-order valence-corrected chi connectivity index (χ4v) is 2.33. The molecule has 16 heavy (non-hydrogen) atoms. The molecule has 0 aliphatic carbocycles. The van der Waals surface area contributed by atoms with Crippen LogP contribution in [0.4, 0.5) is 13.2 Å². The fourth-order valence-electron chi connectivity index (χ4n) is 1.07. The van der Waals surface area contributed by atoms with Gasteiger partial charge in [0.25, 0.3) is 0 Å². The van der Waals surface area contributed by atoms with Gasteiger partial charge in [0.2, 0.25) is 9.84 Å². The molecule has 0 aliphatic rings. The minimum absolute atomic E-state index is 0.327. The summed E-state index contributed by atoms with van der Waals surface area (Å²) < 4.78 is 58.7. The molecular formula is C9H9F3O3S. The van der Waals surface area contributed by atoms with Crippen molar-refractivity contribution < 1.29 is 26.7 Å². The van der Waals surface area contributed by atoms with Gasteiger partial charge in [-0.3, -0.25) is 0 Å². The van der Waals surface area contributed by atoms with Crippen molar-refractivity contribution in [1.29, 1.82) is 0 Å². The smallest absolute Gasteiger partial charge is 0.376 e. The lowest BCUT2D eigenvalue weighted by Gasteiger charge is -2.13. The summed E-state index contributed by atoms with van der Waals surface area (Å²) in [7, 11) is -4.34. The van der Waals surface area contributed by atoms with Crippen LogP contribution >= 0.6 is 0 Å². The van der Waals surface area contributed by atoms with Gasteiger partial charge in [-0.2, -0.15) is 13.2 Å². The highest BCUT2D eigenvalue weighted by atomic mass is 32.2. The van der Waals surface area contributed by atoms with E-state index in [9.17, 15) is 21.6 Å². The zero-order valence-electron chi connectivity index (χ0n) is 7.98. The van der Waals surface area contributed by atoms with Crippen LogP contribution in [-0.4, -0.2) is 25.1 Å². The number of aliphatic hydroxyl groups is 1. The second kappa shape index (κ2) is 4.42. The molecule has 0 saturated carbocycles. The summed E-state index contributed by atoms with van der Waals surface area (Å²) in [5.74, 6) is 0. The van der Waals surface area contributed by atoms with Gasteiger partial charge in [-0.05, 0) is 12.1 Å². The van der Waals surface area contributed by atoms with Gasteiger partial charge >= 0.3 is 6.18 Å². The van der Waals surface area contributed by atoms with E-state index in [1.54, 1.807) is 0 Å². The molecule has 0 bridgehead atoms. The maximum Gasteiger partial charge on any atom is 0.392 e. The first-order valence-electron chi connectivity index (χ1n) is 4.27. The van der Waals surface area contributed by atoms with Crippen LogP contribution in [0.25, 0.3) is 0 Å². The molecule has 0 aromatic heterocycles. The first kappa shape index (κ1) is 13.0. The van der Waals surface area contributed by atoms with Crippen molar-refractivity contribution in [3.05, 3.63) is 30.3 Å². The van der Waals surface area contributed by atoms with E-state index in [0.717, 1.165) is 12.1 Å². The van der Waals surface area contributed by atoms with Gasteiger partial charge in [-0.15, -0.1) is 0 Å². The molecule has 0 amide bonds. The Balaban J connectivity index is 2.96. The van der Waals surface area contributed by atoms with Gasteiger partial charge in [0.15, 0.2) is 5.44 Å². The van der Waals surface area contributed by atoms with Gasteiger partial charge in [-0.1, -0.05) is 18.2 Å². The quantitative estimate of drug-likeness (QED) is 0.893. The Bertz CT molecular complexity index is 439. The summed E-state index contributed by atoms with van der Waals surface area (Å²) in [5, 5.41) is 9.06. The van der Waals surface area contributed by atoms with Crippen molar-refractivity contribution in [3.63, 3.8) is 0 Å². The molecule has 0 radical (unpaired) electrons. The van der Waals surface area contributed by atoms with Crippen LogP contribution in [0.15, 0.2) is 35.2 Å². The number of rotatable bonds is 3. The monoisotopic (exact) mass is 254 g/mol. The third-order valence-electron chi connectivity index (χ3n) is 1.84. The van der Waals surface area contributed by atoms with Gasteiger partial charge < -0.3 is 5.11 Å². The third kappa shape index (κ3) is 3.21. The van der Waals surface area contributed by atoms with E-state index in [-0.39, 0.29) is 4.90 Å². The standard InChI is InChI=1S/C9H9F3O3S/c10-9(11,12)6-8(13)16(14,15)7-4-2-1-3-5-7/h1-5,8,13H,6H2/t8-/m0/s1. The Hall–Kier alpha value is -1.08. The van der Waals surface area contributed by atoms with Gasteiger partial charge in [0, 0.05) is 0 Å². The SMILES string of the molecule is O=S(=O)(c1ccccc1)[C@H](O)CC(F)(F)F. The maximum absolute atomic E-state index is 11.9. The maximum atomic E-state index is 11.9. The number of sulfone groups is 1. The average Bonchev–Trinajstić information content (AvgIpc) is 2.16. The summed E-state index contributed by atoms with van der Waals surface area (Å²) in [6.07, 6.45) is -6.49. The molecule has 1 N–H and O–H groups in total. The zero-order chi connectivity index (χ0) is 12.4. The minimum atomic E-state index is -4.72. The highest BCUT2D eigenvalue weighted by Crippen LogP contribution is 2.26. The Morgan fingerprint density at radius 1 is 1.19 bits per heavy atom. The number of hydrogen-bond donors (Lipinski definition) is 1. The summed E-state index contributed by atoms with van der Waals surface area (Å²) >= 11 is 0. The van der Waals surface area contributed by atoms with Crippen molar-refractivity contribution in [2.75, 3.05) is 0 Å². The van der Waals surface area contributed by atoms with Crippen LogP contribution in [0, 0.1) is 0 Å². The van der Waals surface area contributed by atoms with Crippen LogP contribution in [0.5, 0.6) is 0 Å². The first-order chi connectivity index (χ1) is 7.23. The number of halogens is 3. The van der Waals surface area contributed by atoms with Gasteiger partial charge in [0.05, 0.1) is 11.3 Å². The van der Waals surface area contributed by atoms with E-state index in [2.05, 4.69) is 0 Å². The fraction of sp³-hybridized carbons (Fsp3) is 0.333. The van der Waals surface area contributed by atoms with Crippen LogP contribution < -0.4 is 0 Å². The normalized spacial score (nSPS) is 14.8. The minimum Gasteiger partial charge on any atom is -0.376 e. The molecule has 0 fully saturated rings. The summed E-state index contributed by atoms with van der Waals surface area (Å²) in [4.78, 5) is -0.327. The average molecular weight is 254 g/mol. The largest absolute Gasteiger partial charge is 0.392 e. The lowest BCUT2D eigenvalue weighted by atomic mass is 10.4. The molecule has 0 unspecified atom stereocenters. The molecule has 90 valence electrons. The molecule has 1 atom stereocenters. The molecule has 1 aromatic rings. The van der Waals surface area contributed by atoms with Crippen LogP contribution in [-0.2, 0) is 9.84 Å². The molecule has 0 aliphatic heterocycles. The Morgan fingerprint density at radius 3 is 2.12 bits per heavy atom. The molecule has 1 aromatic carbocycles. The van der Waals surface area contributed by atoms with Crippen LogP contribution in [0.2, 0.25) is 0 Å². The Kier molecular flexibility index (Phi) is 3.59. The molecular weight excluding hydrogens is 245 g/mol. The van der Waals surface area contributed by atoms with E-state index in [1.165, 1.54) is 18.2 Å². The molecule has 0 spiro atoms. The van der Waals surface area contributed by atoms with Crippen molar-refractivity contribution in [3.8, 4) is 0 Å². The van der Waals surface area contributed by atoms with Crippen LogP contribution in [0.3, 0.4) is 0 Å². The van der Waals surface area contributed by atoms with Crippen LogP contribution in [0.1, 0.15) is 6.42 Å². The molecule has 7 heteroatoms. The molecule has 0 saturated heterocycles. The summed E-state index contributed by atoms with van der Waals surface area (Å²) in [6, 6.07) is 6.53. The molecule has 1 rings (SSSR count). The predicted octanol–water partition coefficient (Wildman–Crippen LogP) is 1.73. The van der Waals surface area contributed by atoms with E-state index in [1.807, 2.05) is 0 Å². The summed E-state index contributed by atoms with van der Waals surface area (Å²) in [6.45, 7) is 0. The van der Waals surface area contributed by atoms with E-state index >= 15 is 0 Å². The Labute approximate surface area is 90.4 Å². The lowest BCUT2D eigenvalue weighted by Crippen LogP contribution is -2.27. The Morgan fingerprint density at radius 2 is 1.69 bits per heavy atom. The van der Waals surface area contributed by atoms with Crippen molar-refractivity contribution in [1.82, 2.24) is 0 Å². The second-order valence-electron chi connectivity index (χ2n) is 3.13. The third-order valence-corrected chi connectivity index (χ3v) is 3.65. The number of hydrogen-bond acceptors (Lipinski definition) is 3. The number of alkyl halides is 3. The van der Waals surface area contributed by atoms with Crippen molar-refractivity contribution in [2.24, 2.45) is 0 Å².